The SMILES string of the molecule is CCn1cnnc1Cn1c(-c2ccccc2)c[nH]c1=S. The van der Waals surface area contributed by atoms with Crippen molar-refractivity contribution < 1.29 is 0 Å². The second-order valence-electron chi connectivity index (χ2n) is 4.46. The fourth-order valence-electron chi connectivity index (χ4n) is 2.21. The van der Waals surface area contributed by atoms with Gasteiger partial charge in [-0.25, -0.2) is 0 Å². The van der Waals surface area contributed by atoms with Crippen LogP contribution >= 0.6 is 12.2 Å². The van der Waals surface area contributed by atoms with Gasteiger partial charge in [0.2, 0.25) is 0 Å². The van der Waals surface area contributed by atoms with Gasteiger partial charge in [-0.15, -0.1) is 10.2 Å². The maximum absolute atomic E-state index is 5.38. The highest BCUT2D eigenvalue weighted by atomic mass is 32.1. The van der Waals surface area contributed by atoms with Crippen molar-refractivity contribution in [1.29, 1.82) is 0 Å². The summed E-state index contributed by atoms with van der Waals surface area (Å²) in [4.78, 5) is 3.11. The van der Waals surface area contributed by atoms with Crippen LogP contribution in [0.4, 0.5) is 0 Å². The zero-order chi connectivity index (χ0) is 13.9. The molecule has 5 nitrogen and oxygen atoms in total. The van der Waals surface area contributed by atoms with E-state index in [1.54, 1.807) is 6.33 Å². The zero-order valence-electron chi connectivity index (χ0n) is 11.2. The predicted molar refractivity (Wildman–Crippen MR) is 79.9 cm³/mol. The first-order valence-corrected chi connectivity index (χ1v) is 6.90. The fourth-order valence-corrected chi connectivity index (χ4v) is 2.43. The summed E-state index contributed by atoms with van der Waals surface area (Å²) in [5.74, 6) is 0.903. The van der Waals surface area contributed by atoms with Gasteiger partial charge in [-0.05, 0) is 24.7 Å². The van der Waals surface area contributed by atoms with E-state index in [1.807, 2.05) is 33.5 Å². The number of aromatic amines is 1. The van der Waals surface area contributed by atoms with Crippen molar-refractivity contribution in [2.45, 2.75) is 20.0 Å². The van der Waals surface area contributed by atoms with Crippen molar-refractivity contribution in [2.24, 2.45) is 0 Å². The lowest BCUT2D eigenvalue weighted by molar-refractivity contribution is 0.649. The molecule has 0 fully saturated rings. The van der Waals surface area contributed by atoms with Gasteiger partial charge in [-0.2, -0.15) is 0 Å². The summed E-state index contributed by atoms with van der Waals surface area (Å²) in [6.07, 6.45) is 3.68. The summed E-state index contributed by atoms with van der Waals surface area (Å²) in [5, 5.41) is 8.13. The Morgan fingerprint density at radius 3 is 2.80 bits per heavy atom. The molecule has 6 heteroatoms. The van der Waals surface area contributed by atoms with E-state index in [0.29, 0.717) is 11.3 Å². The number of imidazole rings is 1. The first kappa shape index (κ1) is 12.8. The second-order valence-corrected chi connectivity index (χ2v) is 4.85. The Balaban J connectivity index is 2.02. The minimum absolute atomic E-state index is 0.612. The summed E-state index contributed by atoms with van der Waals surface area (Å²) in [5.41, 5.74) is 2.18. The molecule has 2 heterocycles. The molecule has 0 aliphatic carbocycles. The Morgan fingerprint density at radius 2 is 2.05 bits per heavy atom. The fraction of sp³-hybridized carbons (Fsp3) is 0.214. The molecule has 2 aromatic heterocycles. The average molecular weight is 285 g/mol. The molecule has 0 amide bonds. The molecule has 102 valence electrons. The number of aryl methyl sites for hydroxylation is 1. The second kappa shape index (κ2) is 5.42. The molecule has 3 aromatic rings. The van der Waals surface area contributed by atoms with Gasteiger partial charge in [-0.3, -0.25) is 0 Å². The number of H-pyrrole nitrogens is 1. The number of benzene rings is 1. The summed E-state index contributed by atoms with van der Waals surface area (Å²) in [6.45, 7) is 3.53. The van der Waals surface area contributed by atoms with Crippen molar-refractivity contribution in [3.8, 4) is 11.3 Å². The van der Waals surface area contributed by atoms with E-state index in [9.17, 15) is 0 Å². The van der Waals surface area contributed by atoms with E-state index in [4.69, 9.17) is 12.2 Å². The molecule has 3 rings (SSSR count). The van der Waals surface area contributed by atoms with Crippen molar-refractivity contribution in [1.82, 2.24) is 24.3 Å². The molecule has 0 aliphatic rings. The average Bonchev–Trinajstić information content (AvgIpc) is 3.08. The maximum atomic E-state index is 5.38. The third-order valence-corrected chi connectivity index (χ3v) is 3.61. The monoisotopic (exact) mass is 285 g/mol. The molecule has 0 spiro atoms. The Hall–Kier alpha value is -2.21. The molecule has 0 saturated carbocycles. The van der Waals surface area contributed by atoms with Gasteiger partial charge in [0.1, 0.15) is 6.33 Å². The molecular weight excluding hydrogens is 270 g/mol. The van der Waals surface area contributed by atoms with E-state index < -0.39 is 0 Å². The summed E-state index contributed by atoms with van der Waals surface area (Å²) >= 11 is 5.38. The number of nitrogens with one attached hydrogen (secondary N) is 1. The Kier molecular flexibility index (Phi) is 3.47. The first-order valence-electron chi connectivity index (χ1n) is 6.50. The first-order chi connectivity index (χ1) is 9.79. The van der Waals surface area contributed by atoms with Crippen molar-refractivity contribution in [3.05, 3.63) is 53.5 Å². The third kappa shape index (κ3) is 2.30. The summed E-state index contributed by atoms with van der Waals surface area (Å²) < 4.78 is 4.75. The largest absolute Gasteiger partial charge is 0.337 e. The van der Waals surface area contributed by atoms with E-state index >= 15 is 0 Å². The Bertz CT molecular complexity index is 753. The third-order valence-electron chi connectivity index (χ3n) is 3.27. The topological polar surface area (TPSA) is 51.4 Å². The highest BCUT2D eigenvalue weighted by molar-refractivity contribution is 7.71. The van der Waals surface area contributed by atoms with Gasteiger partial charge in [0.15, 0.2) is 10.6 Å². The van der Waals surface area contributed by atoms with Gasteiger partial charge in [0.25, 0.3) is 0 Å². The van der Waals surface area contributed by atoms with Crippen molar-refractivity contribution >= 4 is 12.2 Å². The van der Waals surface area contributed by atoms with Crippen LogP contribution in [0.1, 0.15) is 12.7 Å². The van der Waals surface area contributed by atoms with Crippen LogP contribution in [-0.2, 0) is 13.1 Å². The van der Waals surface area contributed by atoms with Gasteiger partial charge in [0, 0.05) is 12.7 Å². The molecule has 20 heavy (non-hydrogen) atoms. The van der Waals surface area contributed by atoms with Crippen LogP contribution in [-0.4, -0.2) is 24.3 Å². The van der Waals surface area contributed by atoms with Crippen LogP contribution < -0.4 is 0 Å². The molecule has 0 atom stereocenters. The quantitative estimate of drug-likeness (QED) is 0.750. The van der Waals surface area contributed by atoms with E-state index in [2.05, 4.69) is 34.2 Å². The summed E-state index contributed by atoms with van der Waals surface area (Å²) in [6, 6.07) is 10.2. The minimum atomic E-state index is 0.612. The van der Waals surface area contributed by atoms with Gasteiger partial charge in [-0.1, -0.05) is 30.3 Å². The molecular formula is C14H15N5S. The standard InChI is InChI=1S/C14H15N5S/c1-2-18-10-16-17-13(18)9-19-12(8-15-14(19)20)11-6-4-3-5-7-11/h3-8,10H,2,9H2,1H3,(H,15,20). The van der Waals surface area contributed by atoms with Gasteiger partial charge in [0.05, 0.1) is 12.2 Å². The van der Waals surface area contributed by atoms with Gasteiger partial charge >= 0.3 is 0 Å². The van der Waals surface area contributed by atoms with Gasteiger partial charge < -0.3 is 14.1 Å². The number of hydrogen-bond donors (Lipinski definition) is 1. The lowest BCUT2D eigenvalue weighted by atomic mass is 10.2. The number of aromatic nitrogens is 5. The normalized spacial score (nSPS) is 10.8. The Labute approximate surface area is 121 Å². The summed E-state index contributed by atoms with van der Waals surface area (Å²) in [7, 11) is 0. The maximum Gasteiger partial charge on any atom is 0.178 e. The molecule has 1 aromatic carbocycles. The van der Waals surface area contributed by atoms with Crippen LogP contribution in [0.3, 0.4) is 0 Å². The minimum Gasteiger partial charge on any atom is -0.337 e. The number of nitrogens with zero attached hydrogens (tertiary/aromatic N) is 4. The van der Waals surface area contributed by atoms with Crippen LogP contribution in [0.2, 0.25) is 0 Å². The molecule has 0 radical (unpaired) electrons. The van der Waals surface area contributed by atoms with Crippen LogP contribution in [0.15, 0.2) is 42.9 Å². The zero-order valence-corrected chi connectivity index (χ0v) is 12.0. The van der Waals surface area contributed by atoms with Crippen molar-refractivity contribution in [2.75, 3.05) is 0 Å². The van der Waals surface area contributed by atoms with E-state index in [1.165, 1.54) is 0 Å². The van der Waals surface area contributed by atoms with Crippen LogP contribution in [0.5, 0.6) is 0 Å². The molecule has 0 unspecified atom stereocenters. The van der Waals surface area contributed by atoms with Crippen LogP contribution in [0, 0.1) is 4.77 Å². The predicted octanol–water partition coefficient (Wildman–Crippen LogP) is 2.87. The molecule has 0 saturated heterocycles. The number of rotatable bonds is 4. The highest BCUT2D eigenvalue weighted by Crippen LogP contribution is 2.20. The highest BCUT2D eigenvalue weighted by Gasteiger charge is 2.10. The van der Waals surface area contributed by atoms with E-state index in [0.717, 1.165) is 23.6 Å². The lowest BCUT2D eigenvalue weighted by Gasteiger charge is -2.08. The molecule has 0 aliphatic heterocycles. The van der Waals surface area contributed by atoms with Crippen LogP contribution in [0.25, 0.3) is 11.3 Å². The van der Waals surface area contributed by atoms with E-state index in [-0.39, 0.29) is 0 Å². The van der Waals surface area contributed by atoms with Crippen molar-refractivity contribution in [3.63, 3.8) is 0 Å². The lowest BCUT2D eigenvalue weighted by Crippen LogP contribution is -2.08. The molecule has 0 bridgehead atoms. The smallest absolute Gasteiger partial charge is 0.178 e. The Morgan fingerprint density at radius 1 is 1.25 bits per heavy atom. The number of hydrogen-bond acceptors (Lipinski definition) is 3. The molecule has 1 N–H and O–H groups in total.